The zero-order chi connectivity index (χ0) is 33.2. The van der Waals surface area contributed by atoms with Gasteiger partial charge in [-0.25, -0.2) is 4.79 Å². The van der Waals surface area contributed by atoms with Crippen LogP contribution in [0.5, 0.6) is 11.5 Å². The lowest BCUT2D eigenvalue weighted by molar-refractivity contribution is -0.116. The van der Waals surface area contributed by atoms with Crippen LogP contribution in [0.1, 0.15) is 45.2 Å². The maximum atomic E-state index is 13.6. The number of hydrogen-bond acceptors (Lipinski definition) is 7. The van der Waals surface area contributed by atoms with Crippen LogP contribution in [-0.4, -0.2) is 46.3 Å². The van der Waals surface area contributed by atoms with Crippen molar-refractivity contribution in [3.8, 4) is 11.5 Å². The van der Waals surface area contributed by atoms with E-state index in [0.29, 0.717) is 39.6 Å². The number of anilines is 2. The summed E-state index contributed by atoms with van der Waals surface area (Å²) in [6.07, 6.45) is 1.93. The number of methoxy groups -OCH3 is 1. The monoisotopic (exact) mass is 639 g/mol. The Morgan fingerprint density at radius 2 is 1.65 bits per heavy atom. The number of rotatable bonds is 12. The van der Waals surface area contributed by atoms with Crippen molar-refractivity contribution in [3.63, 3.8) is 0 Å². The lowest BCUT2D eigenvalue weighted by Gasteiger charge is -2.17. The predicted molar refractivity (Wildman–Crippen MR) is 178 cm³/mol. The largest absolute Gasteiger partial charge is 0.508 e. The number of aryl methyl sites for hydroxylation is 1. The van der Waals surface area contributed by atoms with Gasteiger partial charge in [0.2, 0.25) is 5.91 Å². The maximum Gasteiger partial charge on any atom is 0.335 e. The summed E-state index contributed by atoms with van der Waals surface area (Å²) in [7, 11) is 1.43. The van der Waals surface area contributed by atoms with Gasteiger partial charge < -0.3 is 30.9 Å². The Hall–Kier alpha value is -5.55. The number of carboxylic acids is 1. The first kappa shape index (κ1) is 33.3. The number of ether oxygens (including phenoxy) is 1. The van der Waals surface area contributed by atoms with Gasteiger partial charge in [0.1, 0.15) is 17.2 Å². The molecule has 0 aliphatic carbocycles. The molecule has 4 aromatic carbocycles. The fourth-order valence-corrected chi connectivity index (χ4v) is 5.37. The quantitative estimate of drug-likeness (QED) is 0.0891. The van der Waals surface area contributed by atoms with E-state index in [9.17, 15) is 29.4 Å². The topological polar surface area (TPSA) is 154 Å². The molecule has 1 atom stereocenters. The number of aromatic hydroxyl groups is 1. The third-order valence-electron chi connectivity index (χ3n) is 6.82. The fourth-order valence-electron chi connectivity index (χ4n) is 4.35. The van der Waals surface area contributed by atoms with E-state index in [-0.39, 0.29) is 22.9 Å². The van der Waals surface area contributed by atoms with Crippen LogP contribution in [0.25, 0.3) is 6.08 Å². The van der Waals surface area contributed by atoms with Crippen LogP contribution in [0.3, 0.4) is 0 Å². The first-order chi connectivity index (χ1) is 22.1. The third-order valence-corrected chi connectivity index (χ3v) is 8.18. The van der Waals surface area contributed by atoms with Crippen molar-refractivity contribution in [1.82, 2.24) is 5.32 Å². The Kier molecular flexibility index (Phi) is 11.2. The zero-order valence-corrected chi connectivity index (χ0v) is 26.2. The number of carbonyl (C=O) groups is 4. The van der Waals surface area contributed by atoms with E-state index in [1.807, 2.05) is 13.0 Å². The van der Waals surface area contributed by atoms with Crippen LogP contribution in [0.4, 0.5) is 11.4 Å². The van der Waals surface area contributed by atoms with Gasteiger partial charge in [0, 0.05) is 33.5 Å². The van der Waals surface area contributed by atoms with Gasteiger partial charge in [-0.2, -0.15) is 0 Å². The van der Waals surface area contributed by atoms with Crippen molar-refractivity contribution in [2.45, 2.75) is 30.4 Å². The first-order valence-corrected chi connectivity index (χ1v) is 15.1. The minimum atomic E-state index is -1.09. The van der Waals surface area contributed by atoms with Crippen LogP contribution in [0, 0.1) is 6.92 Å². The van der Waals surface area contributed by atoms with Crippen molar-refractivity contribution in [2.24, 2.45) is 0 Å². The van der Waals surface area contributed by atoms with Gasteiger partial charge in [-0.3, -0.25) is 14.4 Å². The molecule has 4 aromatic rings. The smallest absolute Gasteiger partial charge is 0.335 e. The Balaban J connectivity index is 1.54. The molecule has 0 aliphatic heterocycles. The molecule has 11 heteroatoms. The fraction of sp³-hybridized carbons (Fsp3) is 0.143. The summed E-state index contributed by atoms with van der Waals surface area (Å²) < 4.78 is 5.35. The highest BCUT2D eigenvalue weighted by Gasteiger charge is 2.21. The molecule has 5 N–H and O–H groups in total. The summed E-state index contributed by atoms with van der Waals surface area (Å²) in [5.74, 6) is -2.21. The van der Waals surface area contributed by atoms with Crippen molar-refractivity contribution < 1.29 is 34.1 Å². The summed E-state index contributed by atoms with van der Waals surface area (Å²) >= 11 is 1.29. The molecular formula is C35H33N3O7S. The van der Waals surface area contributed by atoms with Crippen LogP contribution >= 0.6 is 11.8 Å². The molecule has 10 nitrogen and oxygen atoms in total. The molecule has 1 unspecified atom stereocenters. The average molecular weight is 640 g/mol. The Morgan fingerprint density at radius 3 is 2.35 bits per heavy atom. The van der Waals surface area contributed by atoms with Gasteiger partial charge >= 0.3 is 5.97 Å². The highest BCUT2D eigenvalue weighted by molar-refractivity contribution is 8.00. The molecule has 0 radical (unpaired) electrons. The van der Waals surface area contributed by atoms with Crippen molar-refractivity contribution in [1.29, 1.82) is 0 Å². The van der Waals surface area contributed by atoms with E-state index < -0.39 is 23.0 Å². The Bertz CT molecular complexity index is 1790. The predicted octanol–water partition coefficient (Wildman–Crippen LogP) is 6.33. The molecule has 4 rings (SSSR count). The molecule has 0 bridgehead atoms. The van der Waals surface area contributed by atoms with Gasteiger partial charge in [0.05, 0.1) is 17.9 Å². The number of carbonyl (C=O) groups excluding carboxylic acids is 3. The van der Waals surface area contributed by atoms with Gasteiger partial charge in [0.25, 0.3) is 11.8 Å². The summed E-state index contributed by atoms with van der Waals surface area (Å²) in [5, 5.41) is 27.0. The standard InChI is InChI=1S/C35H33N3O7S/c1-4-31(34(42)37-28-18-24(35(43)44)14-13-21(28)2)46-27-12-8-11-25(19-27)36-33(41)29(38-32(40)22-9-6-5-7-10-22)17-23-15-16-26(39)20-30(23)45-3/h5-20,31,39H,4H2,1-3H3,(H,36,41)(H,37,42)(H,38,40)(H,43,44)/b29-17+. The van der Waals surface area contributed by atoms with Crippen LogP contribution < -0.4 is 20.7 Å². The Labute approximate surface area is 270 Å². The second-order valence-electron chi connectivity index (χ2n) is 10.1. The lowest BCUT2D eigenvalue weighted by atomic mass is 10.1. The number of carboxylic acid groups (broad SMARTS) is 1. The van der Waals surface area contributed by atoms with E-state index in [1.165, 1.54) is 49.2 Å². The number of hydrogen-bond donors (Lipinski definition) is 5. The molecule has 46 heavy (non-hydrogen) atoms. The van der Waals surface area contributed by atoms with E-state index in [4.69, 9.17) is 4.74 Å². The number of phenolic OH excluding ortho intramolecular Hbond substituents is 1. The summed E-state index contributed by atoms with van der Waals surface area (Å²) in [4.78, 5) is 51.9. The SMILES string of the molecule is CCC(Sc1cccc(NC(=O)/C(=C\c2ccc(O)cc2OC)NC(=O)c2ccccc2)c1)C(=O)Nc1cc(C(=O)O)ccc1C. The van der Waals surface area contributed by atoms with Gasteiger partial charge in [-0.05, 0) is 79.6 Å². The minimum absolute atomic E-state index is 0.0226. The molecule has 0 heterocycles. The third kappa shape index (κ3) is 8.76. The molecule has 3 amide bonds. The van der Waals surface area contributed by atoms with Crippen LogP contribution in [-0.2, 0) is 9.59 Å². The molecule has 0 aliphatic rings. The van der Waals surface area contributed by atoms with Crippen molar-refractivity contribution >= 4 is 52.9 Å². The van der Waals surface area contributed by atoms with Crippen molar-refractivity contribution in [3.05, 3.63) is 119 Å². The maximum absolute atomic E-state index is 13.6. The van der Waals surface area contributed by atoms with E-state index in [0.717, 1.165) is 5.56 Å². The molecule has 236 valence electrons. The molecular weight excluding hydrogens is 606 g/mol. The minimum Gasteiger partial charge on any atom is -0.508 e. The lowest BCUT2D eigenvalue weighted by Crippen LogP contribution is -2.30. The van der Waals surface area contributed by atoms with Gasteiger partial charge in [-0.15, -0.1) is 11.8 Å². The number of phenols is 1. The average Bonchev–Trinajstić information content (AvgIpc) is 3.05. The molecule has 0 spiro atoms. The summed E-state index contributed by atoms with van der Waals surface area (Å²) in [6, 6.07) is 24.3. The first-order valence-electron chi connectivity index (χ1n) is 14.3. The number of nitrogens with one attached hydrogen (secondary N) is 3. The van der Waals surface area contributed by atoms with Crippen LogP contribution in [0.15, 0.2) is 102 Å². The second-order valence-corrected chi connectivity index (χ2v) is 11.4. The number of amides is 3. The highest BCUT2D eigenvalue weighted by atomic mass is 32.2. The summed E-state index contributed by atoms with van der Waals surface area (Å²) in [5.41, 5.74) is 2.38. The summed E-state index contributed by atoms with van der Waals surface area (Å²) in [6.45, 7) is 3.65. The highest BCUT2D eigenvalue weighted by Crippen LogP contribution is 2.30. The number of benzene rings is 4. The molecule has 0 fully saturated rings. The van der Waals surface area contributed by atoms with Crippen LogP contribution in [0.2, 0.25) is 0 Å². The van der Waals surface area contributed by atoms with E-state index in [1.54, 1.807) is 67.6 Å². The normalized spacial score (nSPS) is 11.7. The molecule has 0 aromatic heterocycles. The Morgan fingerprint density at radius 1 is 0.891 bits per heavy atom. The number of aromatic carboxylic acids is 1. The van der Waals surface area contributed by atoms with Gasteiger partial charge in [0.15, 0.2) is 0 Å². The van der Waals surface area contributed by atoms with E-state index in [2.05, 4.69) is 16.0 Å². The van der Waals surface area contributed by atoms with Crippen molar-refractivity contribution in [2.75, 3.05) is 17.7 Å². The zero-order valence-electron chi connectivity index (χ0n) is 25.4. The second kappa shape index (κ2) is 15.4. The van der Waals surface area contributed by atoms with Gasteiger partial charge in [-0.1, -0.05) is 37.3 Å². The number of thioether (sulfide) groups is 1. The van der Waals surface area contributed by atoms with E-state index >= 15 is 0 Å². The molecule has 0 saturated heterocycles. The molecule has 0 saturated carbocycles.